The predicted octanol–water partition coefficient (Wildman–Crippen LogP) is 9.08. The van der Waals surface area contributed by atoms with Crippen molar-refractivity contribution in [3.8, 4) is 28.0 Å². The summed E-state index contributed by atoms with van der Waals surface area (Å²) in [4.78, 5) is 0. The molecule has 1 aliphatic carbocycles. The lowest BCUT2D eigenvalue weighted by molar-refractivity contribution is 0.304. The Balaban J connectivity index is 1.50. The highest BCUT2D eigenvalue weighted by Gasteiger charge is 2.24. The molecule has 1 nitrogen and oxygen atoms in total. The van der Waals surface area contributed by atoms with Crippen LogP contribution >= 0.6 is 0 Å². The molecule has 4 rings (SSSR count). The smallest absolute Gasteiger partial charge is 0.201 e. The molecule has 0 aromatic heterocycles. The molecule has 0 N–H and O–H groups in total. The minimum atomic E-state index is -1.02. The van der Waals surface area contributed by atoms with Crippen LogP contribution in [-0.2, 0) is 0 Å². The summed E-state index contributed by atoms with van der Waals surface area (Å²) in [5.74, 6) is -1.21. The molecule has 0 heterocycles. The Morgan fingerprint density at radius 3 is 2.18 bits per heavy atom. The van der Waals surface area contributed by atoms with Crippen LogP contribution < -0.4 is 4.74 Å². The summed E-state index contributed by atoms with van der Waals surface area (Å²) >= 11 is 0. The largest absolute Gasteiger partial charge is 0.486 e. The van der Waals surface area contributed by atoms with E-state index in [1.54, 1.807) is 30.3 Å². The van der Waals surface area contributed by atoms with Crippen molar-refractivity contribution in [2.24, 2.45) is 5.92 Å². The average molecular weight is 465 g/mol. The molecule has 0 amide bonds. The Morgan fingerprint density at radius 1 is 0.853 bits per heavy atom. The molecular formula is C30H31F3O. The minimum Gasteiger partial charge on any atom is -0.486 e. The number of halogens is 3. The van der Waals surface area contributed by atoms with E-state index < -0.39 is 11.6 Å². The summed E-state index contributed by atoms with van der Waals surface area (Å²) in [5.41, 5.74) is 3.10. The fraction of sp³-hybridized carbons (Fsp3) is 0.333. The molecule has 0 bridgehead atoms. The normalized spacial score (nSPS) is 18.0. The summed E-state index contributed by atoms with van der Waals surface area (Å²) < 4.78 is 49.1. The van der Waals surface area contributed by atoms with E-state index in [0.717, 1.165) is 35.4 Å². The first-order valence-electron chi connectivity index (χ1n) is 12.1. The van der Waals surface area contributed by atoms with Crippen LogP contribution in [0.1, 0.15) is 56.9 Å². The predicted molar refractivity (Wildman–Crippen MR) is 132 cm³/mol. The summed E-state index contributed by atoms with van der Waals surface area (Å²) in [5, 5.41) is 0. The molecule has 4 heteroatoms. The monoisotopic (exact) mass is 464 g/mol. The minimum absolute atomic E-state index is 0.0971. The highest BCUT2D eigenvalue weighted by atomic mass is 19.2. The molecule has 34 heavy (non-hydrogen) atoms. The Hall–Kier alpha value is -3.01. The van der Waals surface area contributed by atoms with Gasteiger partial charge in [-0.15, -0.1) is 0 Å². The fourth-order valence-electron chi connectivity index (χ4n) is 5.07. The molecule has 178 valence electrons. The van der Waals surface area contributed by atoms with Crippen LogP contribution in [0.2, 0.25) is 0 Å². The van der Waals surface area contributed by atoms with Crippen molar-refractivity contribution in [2.45, 2.75) is 51.4 Å². The number of ether oxygens (including phenoxy) is 1. The Morgan fingerprint density at radius 2 is 1.53 bits per heavy atom. The van der Waals surface area contributed by atoms with E-state index in [4.69, 9.17) is 4.74 Å². The van der Waals surface area contributed by atoms with Crippen molar-refractivity contribution in [3.05, 3.63) is 90.3 Å². The molecular weight excluding hydrogens is 433 g/mol. The van der Waals surface area contributed by atoms with Crippen molar-refractivity contribution >= 4 is 0 Å². The SMILES string of the molecule is C=CCOc1ccc(-c2ccc(-c3ccc(C4CCC(CCC)CC4)c(F)c3)cc2)c(F)c1F. The lowest BCUT2D eigenvalue weighted by Crippen LogP contribution is -2.14. The number of rotatable bonds is 8. The molecule has 1 saturated carbocycles. The third-order valence-electron chi connectivity index (χ3n) is 6.92. The molecule has 0 spiro atoms. The molecule has 3 aromatic rings. The van der Waals surface area contributed by atoms with Crippen LogP contribution in [0, 0.1) is 23.4 Å². The van der Waals surface area contributed by atoms with Crippen molar-refractivity contribution in [2.75, 3.05) is 6.61 Å². The second-order valence-electron chi connectivity index (χ2n) is 9.16. The fourth-order valence-corrected chi connectivity index (χ4v) is 5.07. The number of hydrogen-bond acceptors (Lipinski definition) is 1. The third kappa shape index (κ3) is 5.22. The van der Waals surface area contributed by atoms with Gasteiger partial charge in [-0.1, -0.05) is 68.8 Å². The van der Waals surface area contributed by atoms with Gasteiger partial charge in [0.15, 0.2) is 11.6 Å². The standard InChI is InChI=1S/C30H31F3O/c1-3-5-20-6-8-22(9-7-20)25-15-14-24(19-27(25)31)21-10-12-23(13-11-21)26-16-17-28(34-18-4-2)30(33)29(26)32/h4,10-17,19-20,22H,2-3,5-9,18H2,1H3. The van der Waals surface area contributed by atoms with Gasteiger partial charge in [-0.3, -0.25) is 0 Å². The van der Waals surface area contributed by atoms with E-state index in [1.165, 1.54) is 43.9 Å². The quantitative estimate of drug-likeness (QED) is 0.302. The van der Waals surface area contributed by atoms with Gasteiger partial charge in [-0.05, 0) is 78.0 Å². The topological polar surface area (TPSA) is 9.23 Å². The van der Waals surface area contributed by atoms with Gasteiger partial charge >= 0.3 is 0 Å². The maximum absolute atomic E-state index is 15.0. The second kappa shape index (κ2) is 10.9. The van der Waals surface area contributed by atoms with Crippen LogP contribution in [0.15, 0.2) is 67.3 Å². The molecule has 0 saturated heterocycles. The van der Waals surface area contributed by atoms with Crippen LogP contribution in [0.4, 0.5) is 13.2 Å². The molecule has 0 unspecified atom stereocenters. The molecule has 3 aromatic carbocycles. The Kier molecular flexibility index (Phi) is 7.77. The zero-order valence-corrected chi connectivity index (χ0v) is 19.6. The van der Waals surface area contributed by atoms with E-state index in [2.05, 4.69) is 13.5 Å². The highest BCUT2D eigenvalue weighted by Crippen LogP contribution is 2.39. The molecule has 0 aliphatic heterocycles. The number of benzene rings is 3. The molecule has 1 fully saturated rings. The first-order valence-corrected chi connectivity index (χ1v) is 12.1. The van der Waals surface area contributed by atoms with Gasteiger partial charge in [0.05, 0.1) is 0 Å². The average Bonchev–Trinajstić information content (AvgIpc) is 2.86. The van der Waals surface area contributed by atoms with Crippen LogP contribution in [0.25, 0.3) is 22.3 Å². The van der Waals surface area contributed by atoms with Gasteiger partial charge in [-0.25, -0.2) is 8.78 Å². The molecule has 0 radical (unpaired) electrons. The van der Waals surface area contributed by atoms with Gasteiger partial charge in [0, 0.05) is 5.56 Å². The van der Waals surface area contributed by atoms with Crippen molar-refractivity contribution in [1.82, 2.24) is 0 Å². The van der Waals surface area contributed by atoms with E-state index in [1.807, 2.05) is 12.1 Å². The van der Waals surface area contributed by atoms with Gasteiger partial charge in [0.1, 0.15) is 12.4 Å². The van der Waals surface area contributed by atoms with Gasteiger partial charge in [0.25, 0.3) is 0 Å². The Labute approximate surface area is 200 Å². The number of hydrogen-bond donors (Lipinski definition) is 0. The first-order chi connectivity index (χ1) is 16.5. The molecule has 0 atom stereocenters. The first kappa shape index (κ1) is 24.1. The van der Waals surface area contributed by atoms with Crippen LogP contribution in [-0.4, -0.2) is 6.61 Å². The van der Waals surface area contributed by atoms with E-state index >= 15 is 4.39 Å². The third-order valence-corrected chi connectivity index (χ3v) is 6.92. The lowest BCUT2D eigenvalue weighted by Gasteiger charge is -2.29. The van der Waals surface area contributed by atoms with Crippen molar-refractivity contribution in [3.63, 3.8) is 0 Å². The van der Waals surface area contributed by atoms with Gasteiger partial charge < -0.3 is 4.74 Å². The maximum Gasteiger partial charge on any atom is 0.201 e. The summed E-state index contributed by atoms with van der Waals surface area (Å²) in [6, 6.07) is 15.4. The maximum atomic E-state index is 15.0. The lowest BCUT2D eigenvalue weighted by atomic mass is 9.77. The summed E-state index contributed by atoms with van der Waals surface area (Å²) in [6.07, 6.45) is 8.42. The molecule has 1 aliphatic rings. The van der Waals surface area contributed by atoms with Crippen molar-refractivity contribution < 1.29 is 17.9 Å². The highest BCUT2D eigenvalue weighted by molar-refractivity contribution is 5.71. The van der Waals surface area contributed by atoms with E-state index in [0.29, 0.717) is 11.5 Å². The summed E-state index contributed by atoms with van der Waals surface area (Å²) in [7, 11) is 0. The zero-order chi connectivity index (χ0) is 24.1. The van der Waals surface area contributed by atoms with Crippen molar-refractivity contribution in [1.29, 1.82) is 0 Å². The van der Waals surface area contributed by atoms with E-state index in [9.17, 15) is 8.78 Å². The second-order valence-corrected chi connectivity index (χ2v) is 9.16. The summed E-state index contributed by atoms with van der Waals surface area (Å²) in [6.45, 7) is 5.83. The van der Waals surface area contributed by atoms with E-state index in [-0.39, 0.29) is 23.7 Å². The zero-order valence-electron chi connectivity index (χ0n) is 19.6. The van der Waals surface area contributed by atoms with Gasteiger partial charge in [0.2, 0.25) is 5.82 Å². The van der Waals surface area contributed by atoms with Crippen LogP contribution in [0.3, 0.4) is 0 Å². The van der Waals surface area contributed by atoms with Crippen LogP contribution in [0.5, 0.6) is 5.75 Å². The van der Waals surface area contributed by atoms with Gasteiger partial charge in [-0.2, -0.15) is 4.39 Å². The Bertz CT molecular complexity index is 1130.